The molecule has 2 heterocycles. The Balaban J connectivity index is 1.34. The normalized spacial score (nSPS) is 14.7. The predicted octanol–water partition coefficient (Wildman–Crippen LogP) is 2.84. The van der Waals surface area contributed by atoms with Crippen LogP contribution < -0.4 is 0 Å². The van der Waals surface area contributed by atoms with Gasteiger partial charge in [0, 0.05) is 36.6 Å². The van der Waals surface area contributed by atoms with E-state index in [1.54, 1.807) is 11.8 Å². The highest BCUT2D eigenvalue weighted by molar-refractivity contribution is 5.83. The molecule has 7 heteroatoms. The van der Waals surface area contributed by atoms with E-state index in [9.17, 15) is 14.4 Å². The molecule has 1 aliphatic heterocycles. The van der Waals surface area contributed by atoms with Crippen LogP contribution in [0.3, 0.4) is 0 Å². The minimum Gasteiger partial charge on any atom is -0.466 e. The number of hydrogen-bond donors (Lipinski definition) is 1. The molecular weight excluding hydrogens is 372 g/mol. The zero-order valence-corrected chi connectivity index (χ0v) is 16.8. The van der Waals surface area contributed by atoms with Crippen LogP contribution in [0.25, 0.3) is 10.9 Å². The van der Waals surface area contributed by atoms with Gasteiger partial charge in [0.2, 0.25) is 0 Å². The van der Waals surface area contributed by atoms with Crippen LogP contribution >= 0.6 is 0 Å². The third kappa shape index (κ3) is 5.59. The van der Waals surface area contributed by atoms with E-state index in [0.717, 1.165) is 11.9 Å². The Bertz CT molecular complexity index is 852. The number of ether oxygens (including phenoxy) is 2. The highest BCUT2D eigenvalue weighted by Crippen LogP contribution is 2.20. The van der Waals surface area contributed by atoms with Crippen molar-refractivity contribution in [2.75, 3.05) is 26.3 Å². The molecule has 1 N–H and O–H groups in total. The Morgan fingerprint density at radius 2 is 1.90 bits per heavy atom. The van der Waals surface area contributed by atoms with Crippen LogP contribution in [0, 0.1) is 5.92 Å². The van der Waals surface area contributed by atoms with Gasteiger partial charge in [0.1, 0.15) is 0 Å². The zero-order valence-electron chi connectivity index (χ0n) is 16.8. The molecule has 29 heavy (non-hydrogen) atoms. The minimum absolute atomic E-state index is 0.147. The van der Waals surface area contributed by atoms with Gasteiger partial charge in [-0.15, -0.1) is 0 Å². The summed E-state index contributed by atoms with van der Waals surface area (Å²) in [5, 5.41) is 1.17. The van der Waals surface area contributed by atoms with Gasteiger partial charge in [-0.2, -0.15) is 0 Å². The van der Waals surface area contributed by atoms with Crippen molar-refractivity contribution >= 4 is 28.7 Å². The molecule has 1 aromatic heterocycles. The van der Waals surface area contributed by atoms with Gasteiger partial charge in [-0.1, -0.05) is 18.2 Å². The van der Waals surface area contributed by atoms with Crippen molar-refractivity contribution in [1.29, 1.82) is 0 Å². The van der Waals surface area contributed by atoms with Crippen LogP contribution in [0.5, 0.6) is 0 Å². The monoisotopic (exact) mass is 400 g/mol. The number of aromatic nitrogens is 1. The van der Waals surface area contributed by atoms with E-state index < -0.39 is 0 Å². The summed E-state index contributed by atoms with van der Waals surface area (Å²) in [7, 11) is 0. The third-order valence-electron chi connectivity index (χ3n) is 5.33. The van der Waals surface area contributed by atoms with E-state index in [4.69, 9.17) is 9.47 Å². The Morgan fingerprint density at radius 3 is 2.66 bits per heavy atom. The number of fused-ring (bicyclic) bond motifs is 1. The second kappa shape index (κ2) is 10.1. The summed E-state index contributed by atoms with van der Waals surface area (Å²) in [6.07, 6.45) is 4.86. The summed E-state index contributed by atoms with van der Waals surface area (Å²) in [6.45, 7) is 2.89. The van der Waals surface area contributed by atoms with Crippen molar-refractivity contribution in [3.63, 3.8) is 0 Å². The molecule has 1 aliphatic rings. The second-order valence-electron chi connectivity index (χ2n) is 7.28. The fraction of sp³-hybridized carbons (Fsp3) is 0.500. The summed E-state index contributed by atoms with van der Waals surface area (Å²) < 4.78 is 10.2. The Hall–Kier alpha value is -2.83. The standard InChI is InChI=1S/C22H28N2O5/c1-2-28-22(27)16-10-12-24(13-11-16)20(25)15-29-21(26)9-5-6-17-14-23-19-8-4-3-7-18(17)19/h3-4,7-8,14,16,23H,2,5-6,9-13,15H2,1H3. The number of carbonyl (C=O) groups is 3. The number of rotatable bonds is 8. The lowest BCUT2D eigenvalue weighted by Gasteiger charge is -2.30. The molecular formula is C22H28N2O5. The molecule has 0 unspecified atom stereocenters. The molecule has 1 saturated heterocycles. The molecule has 0 saturated carbocycles. The zero-order chi connectivity index (χ0) is 20.6. The van der Waals surface area contributed by atoms with Crippen molar-refractivity contribution < 1.29 is 23.9 Å². The molecule has 0 aliphatic carbocycles. The van der Waals surface area contributed by atoms with Crippen molar-refractivity contribution in [2.45, 2.75) is 39.0 Å². The molecule has 2 aromatic rings. The molecule has 1 amide bonds. The van der Waals surface area contributed by atoms with E-state index in [1.807, 2.05) is 24.4 Å². The van der Waals surface area contributed by atoms with Gasteiger partial charge in [0.15, 0.2) is 6.61 Å². The minimum atomic E-state index is -0.361. The number of amides is 1. The molecule has 0 radical (unpaired) electrons. The highest BCUT2D eigenvalue weighted by Gasteiger charge is 2.28. The van der Waals surface area contributed by atoms with E-state index in [1.165, 1.54) is 10.9 Å². The lowest BCUT2D eigenvalue weighted by molar-refractivity contribution is -0.154. The average Bonchev–Trinajstić information content (AvgIpc) is 3.15. The number of carbonyl (C=O) groups excluding carboxylic acids is 3. The maximum Gasteiger partial charge on any atom is 0.309 e. The molecule has 7 nitrogen and oxygen atoms in total. The van der Waals surface area contributed by atoms with Gasteiger partial charge in [-0.25, -0.2) is 0 Å². The van der Waals surface area contributed by atoms with Crippen molar-refractivity contribution in [1.82, 2.24) is 9.88 Å². The fourth-order valence-electron chi connectivity index (χ4n) is 3.69. The van der Waals surface area contributed by atoms with Gasteiger partial charge < -0.3 is 19.4 Å². The first-order valence-electron chi connectivity index (χ1n) is 10.2. The first-order chi connectivity index (χ1) is 14.1. The summed E-state index contributed by atoms with van der Waals surface area (Å²) in [6, 6.07) is 8.06. The van der Waals surface area contributed by atoms with Crippen LogP contribution in [0.15, 0.2) is 30.5 Å². The predicted molar refractivity (Wildman–Crippen MR) is 108 cm³/mol. The lowest BCUT2D eigenvalue weighted by atomic mass is 9.97. The summed E-state index contributed by atoms with van der Waals surface area (Å²) in [4.78, 5) is 40.8. The van der Waals surface area contributed by atoms with Crippen LogP contribution in [0.4, 0.5) is 0 Å². The number of esters is 2. The number of H-pyrrole nitrogens is 1. The van der Waals surface area contributed by atoms with Gasteiger partial charge in [0.05, 0.1) is 12.5 Å². The van der Waals surface area contributed by atoms with Crippen LogP contribution in [0.2, 0.25) is 0 Å². The van der Waals surface area contributed by atoms with Gasteiger partial charge in [-0.3, -0.25) is 14.4 Å². The quantitative estimate of drug-likeness (QED) is 0.689. The molecule has 0 bridgehead atoms. The number of piperidine rings is 1. The van der Waals surface area contributed by atoms with E-state index in [-0.39, 0.29) is 36.8 Å². The Morgan fingerprint density at radius 1 is 1.14 bits per heavy atom. The van der Waals surface area contributed by atoms with Gasteiger partial charge >= 0.3 is 11.9 Å². The third-order valence-corrected chi connectivity index (χ3v) is 5.33. The lowest BCUT2D eigenvalue weighted by Crippen LogP contribution is -2.42. The maximum atomic E-state index is 12.2. The number of nitrogens with one attached hydrogen (secondary N) is 1. The van der Waals surface area contributed by atoms with Gasteiger partial charge in [-0.05, 0) is 44.2 Å². The van der Waals surface area contributed by atoms with E-state index >= 15 is 0 Å². The molecule has 1 fully saturated rings. The largest absolute Gasteiger partial charge is 0.466 e. The smallest absolute Gasteiger partial charge is 0.309 e. The first kappa shape index (κ1) is 20.9. The number of likely N-dealkylation sites (tertiary alicyclic amines) is 1. The molecule has 3 rings (SSSR count). The molecule has 156 valence electrons. The average molecular weight is 400 g/mol. The Labute approximate surface area is 170 Å². The van der Waals surface area contributed by atoms with Crippen LogP contribution in [0.1, 0.15) is 38.2 Å². The first-order valence-corrected chi connectivity index (χ1v) is 10.2. The number of para-hydroxylation sites is 1. The summed E-state index contributed by atoms with van der Waals surface area (Å²) in [5.74, 6) is -0.913. The van der Waals surface area contributed by atoms with Crippen molar-refractivity contribution in [2.24, 2.45) is 5.92 Å². The number of benzene rings is 1. The molecule has 0 atom stereocenters. The molecule has 0 spiro atoms. The fourth-order valence-corrected chi connectivity index (χ4v) is 3.69. The summed E-state index contributed by atoms with van der Waals surface area (Å²) in [5.41, 5.74) is 2.26. The SMILES string of the molecule is CCOC(=O)C1CCN(C(=O)COC(=O)CCCc2c[nH]c3ccccc23)CC1. The molecule has 1 aromatic carbocycles. The maximum absolute atomic E-state index is 12.2. The number of aryl methyl sites for hydroxylation is 1. The van der Waals surface area contributed by atoms with Crippen LogP contribution in [-0.4, -0.2) is 54.0 Å². The van der Waals surface area contributed by atoms with Crippen LogP contribution in [-0.2, 0) is 30.3 Å². The van der Waals surface area contributed by atoms with E-state index in [2.05, 4.69) is 11.1 Å². The van der Waals surface area contributed by atoms with Gasteiger partial charge in [0.25, 0.3) is 5.91 Å². The number of hydrogen-bond acceptors (Lipinski definition) is 5. The number of aromatic amines is 1. The Kier molecular flexibility index (Phi) is 7.27. The second-order valence-corrected chi connectivity index (χ2v) is 7.28. The van der Waals surface area contributed by atoms with Crippen molar-refractivity contribution in [3.05, 3.63) is 36.0 Å². The highest BCUT2D eigenvalue weighted by atomic mass is 16.5. The van der Waals surface area contributed by atoms with Crippen molar-refractivity contribution in [3.8, 4) is 0 Å². The number of nitrogens with zero attached hydrogens (tertiary/aromatic N) is 1. The topological polar surface area (TPSA) is 88.7 Å². The summed E-state index contributed by atoms with van der Waals surface area (Å²) >= 11 is 0. The van der Waals surface area contributed by atoms with E-state index in [0.29, 0.717) is 39.0 Å².